The van der Waals surface area contributed by atoms with Gasteiger partial charge in [-0.05, 0) is 57.3 Å². The second-order valence-electron chi connectivity index (χ2n) is 7.26. The van der Waals surface area contributed by atoms with Crippen molar-refractivity contribution in [1.82, 2.24) is 9.88 Å². The maximum Gasteiger partial charge on any atom is 0.295 e. The second-order valence-corrected chi connectivity index (χ2v) is 8.27. The van der Waals surface area contributed by atoms with Gasteiger partial charge in [-0.1, -0.05) is 35.6 Å². The second kappa shape index (κ2) is 8.53. The molecule has 0 N–H and O–H groups in total. The van der Waals surface area contributed by atoms with Gasteiger partial charge in [0, 0.05) is 18.5 Å². The Balaban J connectivity index is 0.00000240. The summed E-state index contributed by atoms with van der Waals surface area (Å²) >= 11 is 1.54. The summed E-state index contributed by atoms with van der Waals surface area (Å²) in [7, 11) is 3.99. The molecule has 0 bridgehead atoms. The lowest BCUT2D eigenvalue weighted by atomic mass is 10.1. The average Bonchev–Trinajstić information content (AvgIpc) is 3.29. The van der Waals surface area contributed by atoms with Crippen molar-refractivity contribution in [2.45, 2.75) is 13.8 Å². The van der Waals surface area contributed by atoms with E-state index >= 15 is 0 Å². The van der Waals surface area contributed by atoms with E-state index in [1.165, 1.54) is 5.56 Å². The molecule has 2 aromatic heterocycles. The monoisotopic (exact) mass is 429 g/mol. The van der Waals surface area contributed by atoms with E-state index in [1.54, 1.807) is 16.2 Å². The molecule has 0 atom stereocenters. The molecule has 5 nitrogen and oxygen atoms in total. The third-order valence-electron chi connectivity index (χ3n) is 4.96. The molecule has 0 aliphatic heterocycles. The van der Waals surface area contributed by atoms with Crippen LogP contribution in [0.15, 0.2) is 46.9 Å². The number of thiazole rings is 1. The van der Waals surface area contributed by atoms with Crippen LogP contribution in [-0.4, -0.2) is 43.0 Å². The molecule has 0 aliphatic carbocycles. The Labute approximate surface area is 180 Å². The van der Waals surface area contributed by atoms with E-state index in [2.05, 4.69) is 30.9 Å². The van der Waals surface area contributed by atoms with Crippen molar-refractivity contribution in [3.8, 4) is 0 Å². The fraction of sp³-hybridized carbons (Fsp3) is 0.273. The van der Waals surface area contributed by atoms with Crippen molar-refractivity contribution < 1.29 is 9.21 Å². The zero-order valence-electron chi connectivity index (χ0n) is 16.9. The lowest BCUT2D eigenvalue weighted by Gasteiger charge is -2.20. The van der Waals surface area contributed by atoms with Crippen LogP contribution in [0.4, 0.5) is 5.13 Å². The number of aryl methyl sites for hydroxylation is 2. The Hall–Kier alpha value is -2.41. The third-order valence-corrected chi connectivity index (χ3v) is 6.00. The van der Waals surface area contributed by atoms with Gasteiger partial charge in [0.1, 0.15) is 5.58 Å². The highest BCUT2D eigenvalue weighted by Gasteiger charge is 2.24. The number of likely N-dealkylation sites (N-methyl/N-ethyl adjacent to an activating group) is 1. The topological polar surface area (TPSA) is 49.6 Å². The van der Waals surface area contributed by atoms with Gasteiger partial charge in [-0.2, -0.15) is 0 Å². The van der Waals surface area contributed by atoms with Gasteiger partial charge in [0.25, 0.3) is 5.91 Å². The van der Waals surface area contributed by atoms with Crippen molar-refractivity contribution in [3.05, 3.63) is 59.4 Å². The van der Waals surface area contributed by atoms with Crippen LogP contribution in [0.5, 0.6) is 0 Å². The number of rotatable bonds is 5. The molecule has 0 saturated heterocycles. The third kappa shape index (κ3) is 4.15. The number of halogens is 1. The zero-order valence-corrected chi connectivity index (χ0v) is 18.6. The van der Waals surface area contributed by atoms with Gasteiger partial charge in [0.05, 0.1) is 10.2 Å². The van der Waals surface area contributed by atoms with E-state index in [1.807, 2.05) is 44.4 Å². The van der Waals surface area contributed by atoms with Gasteiger partial charge >= 0.3 is 0 Å². The number of nitrogens with zero attached hydrogens (tertiary/aromatic N) is 3. The van der Waals surface area contributed by atoms with Gasteiger partial charge in [-0.25, -0.2) is 4.98 Å². The molecular formula is C22H24ClN3O2S. The molecule has 0 saturated carbocycles. The van der Waals surface area contributed by atoms with Crippen LogP contribution < -0.4 is 4.90 Å². The van der Waals surface area contributed by atoms with Crippen molar-refractivity contribution in [1.29, 1.82) is 0 Å². The summed E-state index contributed by atoms with van der Waals surface area (Å²) in [5.74, 6) is 0.179. The molecule has 2 aromatic carbocycles. The summed E-state index contributed by atoms with van der Waals surface area (Å²) in [4.78, 5) is 21.9. The summed E-state index contributed by atoms with van der Waals surface area (Å²) in [6, 6.07) is 13.7. The summed E-state index contributed by atoms with van der Waals surface area (Å²) in [5, 5.41) is 1.63. The van der Waals surface area contributed by atoms with Crippen LogP contribution in [-0.2, 0) is 0 Å². The largest absolute Gasteiger partial charge is 0.451 e. The van der Waals surface area contributed by atoms with Crippen molar-refractivity contribution in [3.63, 3.8) is 0 Å². The quantitative estimate of drug-likeness (QED) is 0.432. The van der Waals surface area contributed by atoms with Gasteiger partial charge in [-0.3, -0.25) is 9.69 Å². The molecule has 0 aliphatic rings. The van der Waals surface area contributed by atoms with Crippen LogP contribution in [0, 0.1) is 13.8 Å². The molecule has 152 valence electrons. The summed E-state index contributed by atoms with van der Waals surface area (Å²) in [6.45, 7) is 5.43. The normalized spacial score (nSPS) is 11.2. The Morgan fingerprint density at radius 3 is 2.59 bits per heavy atom. The summed E-state index contributed by atoms with van der Waals surface area (Å²) in [6.07, 6.45) is 0. The minimum Gasteiger partial charge on any atom is -0.451 e. The van der Waals surface area contributed by atoms with E-state index in [0.717, 1.165) is 27.7 Å². The predicted octanol–water partition coefficient (Wildman–Crippen LogP) is 5.29. The van der Waals surface area contributed by atoms with Crippen molar-refractivity contribution >= 4 is 56.0 Å². The standard InChI is InChI=1S/C22H23N3O2S.ClH/c1-14-9-10-19-20(15(14)2)23-22(28-19)25(12-11-24(3)4)21(26)18-13-16-7-5-6-8-17(16)27-18;/h5-10,13H,11-12H2,1-4H3;1H. The smallest absolute Gasteiger partial charge is 0.295 e. The Morgan fingerprint density at radius 2 is 1.86 bits per heavy atom. The van der Waals surface area contributed by atoms with Crippen LogP contribution in [0.2, 0.25) is 0 Å². The molecule has 1 amide bonds. The number of aromatic nitrogens is 1. The molecular weight excluding hydrogens is 406 g/mol. The van der Waals surface area contributed by atoms with Gasteiger partial charge in [0.15, 0.2) is 10.9 Å². The summed E-state index contributed by atoms with van der Waals surface area (Å²) in [5.41, 5.74) is 4.04. The Morgan fingerprint density at radius 1 is 1.10 bits per heavy atom. The van der Waals surface area contributed by atoms with E-state index in [0.29, 0.717) is 23.0 Å². The van der Waals surface area contributed by atoms with E-state index in [-0.39, 0.29) is 18.3 Å². The number of amides is 1. The average molecular weight is 430 g/mol. The zero-order chi connectivity index (χ0) is 19.8. The highest BCUT2D eigenvalue weighted by atomic mass is 35.5. The minimum absolute atomic E-state index is 0. The SMILES string of the molecule is Cc1ccc2sc(N(CCN(C)C)C(=O)c3cc4ccccc4o3)nc2c1C.Cl. The lowest BCUT2D eigenvalue weighted by molar-refractivity contribution is 0.0960. The summed E-state index contributed by atoms with van der Waals surface area (Å²) < 4.78 is 6.92. The highest BCUT2D eigenvalue weighted by Crippen LogP contribution is 2.33. The van der Waals surface area contributed by atoms with Crippen molar-refractivity contribution in [2.24, 2.45) is 0 Å². The molecule has 2 heterocycles. The first-order valence-corrected chi connectivity index (χ1v) is 10.1. The molecule has 0 unspecified atom stereocenters. The van der Waals surface area contributed by atoms with E-state index in [4.69, 9.17) is 9.40 Å². The number of anilines is 1. The van der Waals surface area contributed by atoms with Crippen molar-refractivity contribution in [2.75, 3.05) is 32.1 Å². The van der Waals surface area contributed by atoms with Crippen LogP contribution in [0.25, 0.3) is 21.2 Å². The Kier molecular flexibility index (Phi) is 6.27. The maximum atomic E-state index is 13.3. The number of furan rings is 1. The first kappa shape index (κ1) is 21.3. The first-order valence-electron chi connectivity index (χ1n) is 9.26. The molecule has 0 spiro atoms. The number of carbonyl (C=O) groups excluding carboxylic acids is 1. The highest BCUT2D eigenvalue weighted by molar-refractivity contribution is 7.22. The van der Waals surface area contributed by atoms with Gasteiger partial charge in [-0.15, -0.1) is 12.4 Å². The van der Waals surface area contributed by atoms with Gasteiger partial charge < -0.3 is 9.32 Å². The molecule has 0 radical (unpaired) electrons. The molecule has 4 aromatic rings. The number of para-hydroxylation sites is 1. The first-order chi connectivity index (χ1) is 13.4. The Bertz CT molecular complexity index is 1130. The fourth-order valence-corrected chi connectivity index (χ4v) is 4.18. The molecule has 4 rings (SSSR count). The molecule has 7 heteroatoms. The van der Waals surface area contributed by atoms with E-state index in [9.17, 15) is 4.79 Å². The number of benzene rings is 2. The number of fused-ring (bicyclic) bond motifs is 2. The minimum atomic E-state index is -0.161. The maximum absolute atomic E-state index is 13.3. The molecule has 29 heavy (non-hydrogen) atoms. The van der Waals surface area contributed by atoms with Crippen LogP contribution in [0.1, 0.15) is 21.7 Å². The molecule has 0 fully saturated rings. The fourth-order valence-electron chi connectivity index (χ4n) is 3.13. The van der Waals surface area contributed by atoms with Crippen LogP contribution in [0.3, 0.4) is 0 Å². The number of hydrogen-bond acceptors (Lipinski definition) is 5. The number of hydrogen-bond donors (Lipinski definition) is 0. The number of carbonyl (C=O) groups is 1. The lowest BCUT2D eigenvalue weighted by Crippen LogP contribution is -2.36. The predicted molar refractivity (Wildman–Crippen MR) is 123 cm³/mol. The van der Waals surface area contributed by atoms with Gasteiger partial charge in [0.2, 0.25) is 0 Å². The van der Waals surface area contributed by atoms with E-state index < -0.39 is 0 Å². The van der Waals surface area contributed by atoms with Crippen LogP contribution >= 0.6 is 23.7 Å².